The molecule has 0 spiro atoms. The van der Waals surface area contributed by atoms with Gasteiger partial charge in [-0.15, -0.1) is 0 Å². The summed E-state index contributed by atoms with van der Waals surface area (Å²) in [6.07, 6.45) is 0.709. The predicted octanol–water partition coefficient (Wildman–Crippen LogP) is 5.81. The third-order valence-corrected chi connectivity index (χ3v) is 4.61. The van der Waals surface area contributed by atoms with Gasteiger partial charge in [0.25, 0.3) is 0 Å². The lowest BCUT2D eigenvalue weighted by Gasteiger charge is -2.21. The number of esters is 1. The molecule has 26 heavy (non-hydrogen) atoms. The first kappa shape index (κ1) is 16.1. The molecule has 0 bridgehead atoms. The van der Waals surface area contributed by atoms with Crippen molar-refractivity contribution in [3.05, 3.63) is 109 Å². The Kier molecular flexibility index (Phi) is 4.24. The molecule has 4 rings (SSSR count). The minimum absolute atomic E-state index is 0.434. The molecule has 0 aliphatic carbocycles. The van der Waals surface area contributed by atoms with E-state index in [1.807, 2.05) is 48.5 Å². The summed E-state index contributed by atoms with van der Waals surface area (Å²) >= 11 is 0. The number of hydrogen-bond donors (Lipinski definition) is 0. The molecule has 4 aromatic carbocycles. The molecule has 0 aliphatic rings. The SMILES string of the molecule is C=CC(=O)OC(c1cccc2ccccc12)c1cccc2ccccc12. The van der Waals surface area contributed by atoms with E-state index in [0.29, 0.717) is 0 Å². The van der Waals surface area contributed by atoms with E-state index in [9.17, 15) is 4.79 Å². The van der Waals surface area contributed by atoms with E-state index in [2.05, 4.69) is 43.0 Å². The zero-order valence-corrected chi connectivity index (χ0v) is 14.3. The van der Waals surface area contributed by atoms with Gasteiger partial charge < -0.3 is 4.74 Å². The van der Waals surface area contributed by atoms with Gasteiger partial charge in [0.2, 0.25) is 0 Å². The Labute approximate surface area is 152 Å². The average Bonchev–Trinajstić information content (AvgIpc) is 2.71. The molecular weight excluding hydrogens is 320 g/mol. The van der Waals surface area contributed by atoms with Crippen LogP contribution in [0.4, 0.5) is 0 Å². The normalized spacial score (nSPS) is 11.0. The maximum atomic E-state index is 12.1. The molecule has 0 amide bonds. The van der Waals surface area contributed by atoms with Gasteiger partial charge in [-0.3, -0.25) is 0 Å². The van der Waals surface area contributed by atoms with Crippen LogP contribution in [0.3, 0.4) is 0 Å². The molecule has 0 fully saturated rings. The summed E-state index contributed by atoms with van der Waals surface area (Å²) < 4.78 is 5.83. The second-order valence-electron chi connectivity index (χ2n) is 6.16. The largest absolute Gasteiger partial charge is 0.449 e. The van der Waals surface area contributed by atoms with Crippen molar-refractivity contribution in [1.82, 2.24) is 0 Å². The van der Waals surface area contributed by atoms with Gasteiger partial charge >= 0.3 is 5.97 Å². The first-order valence-electron chi connectivity index (χ1n) is 8.56. The van der Waals surface area contributed by atoms with Crippen molar-refractivity contribution in [1.29, 1.82) is 0 Å². The van der Waals surface area contributed by atoms with Crippen molar-refractivity contribution in [3.8, 4) is 0 Å². The van der Waals surface area contributed by atoms with Crippen LogP contribution in [0.1, 0.15) is 17.2 Å². The lowest BCUT2D eigenvalue weighted by Crippen LogP contribution is -2.11. The zero-order chi connectivity index (χ0) is 17.9. The maximum Gasteiger partial charge on any atom is 0.331 e. The van der Waals surface area contributed by atoms with Crippen molar-refractivity contribution >= 4 is 27.5 Å². The molecule has 0 atom stereocenters. The molecule has 126 valence electrons. The summed E-state index contributed by atoms with van der Waals surface area (Å²) in [4.78, 5) is 12.1. The first-order valence-corrected chi connectivity index (χ1v) is 8.56. The van der Waals surface area contributed by atoms with Gasteiger partial charge in [0, 0.05) is 17.2 Å². The summed E-state index contributed by atoms with van der Waals surface area (Å²) in [5.41, 5.74) is 1.93. The Bertz CT molecular complexity index is 1020. The lowest BCUT2D eigenvalue weighted by atomic mass is 9.92. The molecule has 0 radical (unpaired) electrons. The summed E-state index contributed by atoms with van der Waals surface area (Å²) in [5.74, 6) is -0.434. The van der Waals surface area contributed by atoms with E-state index < -0.39 is 12.1 Å². The zero-order valence-electron chi connectivity index (χ0n) is 14.3. The van der Waals surface area contributed by atoms with Crippen molar-refractivity contribution in [2.24, 2.45) is 0 Å². The van der Waals surface area contributed by atoms with Crippen LogP contribution in [-0.2, 0) is 9.53 Å². The van der Waals surface area contributed by atoms with Gasteiger partial charge in [0.1, 0.15) is 0 Å². The van der Waals surface area contributed by atoms with E-state index >= 15 is 0 Å². The van der Waals surface area contributed by atoms with Gasteiger partial charge in [-0.2, -0.15) is 0 Å². The molecule has 0 heterocycles. The molecule has 0 saturated heterocycles. The molecule has 0 saturated carbocycles. The molecular formula is C24H18O2. The second-order valence-corrected chi connectivity index (χ2v) is 6.16. The molecule has 0 N–H and O–H groups in total. The average molecular weight is 338 g/mol. The minimum Gasteiger partial charge on any atom is -0.449 e. The minimum atomic E-state index is -0.502. The number of carbonyl (C=O) groups is 1. The number of rotatable bonds is 4. The molecule has 4 aromatic rings. The fourth-order valence-electron chi connectivity index (χ4n) is 3.42. The highest BCUT2D eigenvalue weighted by atomic mass is 16.5. The highest BCUT2D eigenvalue weighted by Crippen LogP contribution is 2.35. The maximum absolute atomic E-state index is 12.1. The van der Waals surface area contributed by atoms with Crippen molar-refractivity contribution in [2.75, 3.05) is 0 Å². The van der Waals surface area contributed by atoms with Crippen LogP contribution in [0.15, 0.2) is 97.6 Å². The smallest absolute Gasteiger partial charge is 0.331 e. The van der Waals surface area contributed by atoms with Crippen LogP contribution in [0.5, 0.6) is 0 Å². The summed E-state index contributed by atoms with van der Waals surface area (Å²) in [6, 6.07) is 28.4. The van der Waals surface area contributed by atoms with E-state index in [0.717, 1.165) is 32.7 Å². The number of carbonyl (C=O) groups excluding carboxylic acids is 1. The highest BCUT2D eigenvalue weighted by molar-refractivity contribution is 5.91. The van der Waals surface area contributed by atoms with Gasteiger partial charge in [-0.25, -0.2) is 4.79 Å². The standard InChI is InChI=1S/C24H18O2/c1-2-23(25)26-24(21-15-7-11-17-9-3-5-13-19(17)21)22-16-8-12-18-10-4-6-14-20(18)22/h2-16,24H,1H2. The predicted molar refractivity (Wildman–Crippen MR) is 106 cm³/mol. The second kappa shape index (κ2) is 6.85. The Morgan fingerprint density at radius 1 is 0.731 bits per heavy atom. The third-order valence-electron chi connectivity index (χ3n) is 4.61. The van der Waals surface area contributed by atoms with Gasteiger partial charge in [-0.1, -0.05) is 91.5 Å². The van der Waals surface area contributed by atoms with Crippen molar-refractivity contribution in [2.45, 2.75) is 6.10 Å². The van der Waals surface area contributed by atoms with Crippen LogP contribution in [-0.4, -0.2) is 5.97 Å². The Morgan fingerprint density at radius 3 is 1.69 bits per heavy atom. The monoisotopic (exact) mass is 338 g/mol. The summed E-state index contributed by atoms with van der Waals surface area (Å²) in [7, 11) is 0. The van der Waals surface area contributed by atoms with E-state index in [1.165, 1.54) is 6.08 Å². The summed E-state index contributed by atoms with van der Waals surface area (Å²) in [6.45, 7) is 3.55. The Balaban J connectivity index is 1.98. The lowest BCUT2D eigenvalue weighted by molar-refractivity contribution is -0.141. The Morgan fingerprint density at radius 2 is 1.19 bits per heavy atom. The molecule has 0 aromatic heterocycles. The Hall–Kier alpha value is -3.39. The number of fused-ring (bicyclic) bond motifs is 2. The van der Waals surface area contributed by atoms with Gasteiger partial charge in [0.15, 0.2) is 6.10 Å². The number of ether oxygens (including phenoxy) is 1. The van der Waals surface area contributed by atoms with E-state index in [-0.39, 0.29) is 0 Å². The molecule has 0 unspecified atom stereocenters. The number of hydrogen-bond acceptors (Lipinski definition) is 2. The van der Waals surface area contributed by atoms with Crippen LogP contribution in [0.25, 0.3) is 21.5 Å². The van der Waals surface area contributed by atoms with Crippen LogP contribution < -0.4 is 0 Å². The first-order chi connectivity index (χ1) is 12.8. The quantitative estimate of drug-likeness (QED) is 0.346. The third kappa shape index (κ3) is 2.86. The fourth-order valence-corrected chi connectivity index (χ4v) is 3.42. The van der Waals surface area contributed by atoms with E-state index in [1.54, 1.807) is 0 Å². The highest BCUT2D eigenvalue weighted by Gasteiger charge is 2.22. The van der Waals surface area contributed by atoms with Crippen LogP contribution in [0.2, 0.25) is 0 Å². The molecule has 2 heteroatoms. The number of benzene rings is 4. The van der Waals surface area contributed by atoms with Gasteiger partial charge in [-0.05, 0) is 21.5 Å². The van der Waals surface area contributed by atoms with E-state index in [4.69, 9.17) is 4.74 Å². The summed E-state index contributed by atoms with van der Waals surface area (Å²) in [5, 5.41) is 4.38. The van der Waals surface area contributed by atoms with Crippen LogP contribution >= 0.6 is 0 Å². The van der Waals surface area contributed by atoms with Crippen molar-refractivity contribution < 1.29 is 9.53 Å². The van der Waals surface area contributed by atoms with Gasteiger partial charge in [0.05, 0.1) is 0 Å². The molecule has 0 aliphatic heterocycles. The van der Waals surface area contributed by atoms with Crippen LogP contribution in [0, 0.1) is 0 Å². The fraction of sp³-hybridized carbons (Fsp3) is 0.0417. The van der Waals surface area contributed by atoms with Crippen molar-refractivity contribution in [3.63, 3.8) is 0 Å². The topological polar surface area (TPSA) is 26.3 Å². The molecule has 2 nitrogen and oxygen atoms in total.